The van der Waals surface area contributed by atoms with Crippen molar-refractivity contribution in [2.24, 2.45) is 0 Å². The minimum absolute atomic E-state index is 0.380. The number of halogens is 1. The minimum Gasteiger partial charge on any atom is -0.497 e. The van der Waals surface area contributed by atoms with E-state index in [2.05, 4.69) is 16.0 Å². The Bertz CT molecular complexity index is 970. The van der Waals surface area contributed by atoms with E-state index in [0.29, 0.717) is 27.7 Å². The predicted octanol–water partition coefficient (Wildman–Crippen LogP) is 4.30. The van der Waals surface area contributed by atoms with Crippen molar-refractivity contribution in [3.8, 4) is 17.6 Å². The van der Waals surface area contributed by atoms with Gasteiger partial charge in [-0.05, 0) is 36.4 Å². The first-order valence-corrected chi connectivity index (χ1v) is 7.52. The summed E-state index contributed by atoms with van der Waals surface area (Å²) in [4.78, 5) is 7.60. The molecule has 24 heavy (non-hydrogen) atoms. The first kappa shape index (κ1) is 15.9. The maximum Gasteiger partial charge on any atom is 0.149 e. The summed E-state index contributed by atoms with van der Waals surface area (Å²) < 4.78 is 10.5. The second-order valence-electron chi connectivity index (χ2n) is 5.02. The highest BCUT2D eigenvalue weighted by Crippen LogP contribution is 2.28. The van der Waals surface area contributed by atoms with Crippen molar-refractivity contribution in [3.63, 3.8) is 0 Å². The number of imidazole rings is 1. The number of aromatic nitrogens is 2. The van der Waals surface area contributed by atoms with Gasteiger partial charge >= 0.3 is 0 Å². The molecule has 0 atom stereocenters. The Morgan fingerprint density at radius 2 is 2.04 bits per heavy atom. The first-order chi connectivity index (χ1) is 11.6. The van der Waals surface area contributed by atoms with E-state index in [1.807, 2.05) is 18.2 Å². The molecule has 3 aromatic rings. The second kappa shape index (κ2) is 6.65. The lowest BCUT2D eigenvalue weighted by molar-refractivity contribution is 0.414. The van der Waals surface area contributed by atoms with Gasteiger partial charge in [-0.1, -0.05) is 11.6 Å². The number of nitriles is 1. The highest BCUT2D eigenvalue weighted by molar-refractivity contribution is 6.30. The molecule has 0 spiro atoms. The van der Waals surface area contributed by atoms with Gasteiger partial charge in [-0.15, -0.1) is 0 Å². The van der Waals surface area contributed by atoms with Crippen LogP contribution in [0, 0.1) is 11.3 Å². The normalized spacial score (nSPS) is 11.3. The van der Waals surface area contributed by atoms with Crippen LogP contribution < -0.4 is 9.47 Å². The average Bonchev–Trinajstić information content (AvgIpc) is 3.02. The summed E-state index contributed by atoms with van der Waals surface area (Å²) in [6.45, 7) is 0. The average molecular weight is 340 g/mol. The van der Waals surface area contributed by atoms with Crippen LogP contribution >= 0.6 is 11.6 Å². The summed E-state index contributed by atoms with van der Waals surface area (Å²) in [5.74, 6) is 1.82. The van der Waals surface area contributed by atoms with E-state index in [1.165, 1.54) is 0 Å². The number of rotatable bonds is 4. The molecular weight excluding hydrogens is 326 g/mol. The summed E-state index contributed by atoms with van der Waals surface area (Å²) in [6, 6.07) is 12.9. The fourth-order valence-electron chi connectivity index (χ4n) is 2.37. The molecule has 1 N–H and O–H groups in total. The van der Waals surface area contributed by atoms with Gasteiger partial charge in [0.05, 0.1) is 30.8 Å². The molecule has 0 aliphatic rings. The second-order valence-corrected chi connectivity index (χ2v) is 5.46. The molecule has 120 valence electrons. The van der Waals surface area contributed by atoms with Crippen molar-refractivity contribution in [2.75, 3.05) is 14.2 Å². The van der Waals surface area contributed by atoms with E-state index >= 15 is 0 Å². The number of allylic oxidation sites excluding steroid dienone is 1. The van der Waals surface area contributed by atoms with E-state index in [9.17, 15) is 5.26 Å². The molecule has 1 aromatic heterocycles. The van der Waals surface area contributed by atoms with Crippen molar-refractivity contribution < 1.29 is 9.47 Å². The van der Waals surface area contributed by atoms with Crippen LogP contribution in [0.4, 0.5) is 0 Å². The van der Waals surface area contributed by atoms with Crippen molar-refractivity contribution in [1.29, 1.82) is 5.26 Å². The minimum atomic E-state index is 0.380. The lowest BCUT2D eigenvalue weighted by Gasteiger charge is -2.05. The highest BCUT2D eigenvalue weighted by atomic mass is 35.5. The third kappa shape index (κ3) is 3.05. The zero-order valence-corrected chi connectivity index (χ0v) is 13.9. The Hall–Kier alpha value is -2.97. The molecule has 3 rings (SSSR count). The maximum atomic E-state index is 9.52. The van der Waals surface area contributed by atoms with Gasteiger partial charge < -0.3 is 14.5 Å². The topological polar surface area (TPSA) is 70.9 Å². The van der Waals surface area contributed by atoms with E-state index in [-0.39, 0.29) is 0 Å². The molecule has 0 aliphatic carbocycles. The molecule has 0 saturated carbocycles. The monoisotopic (exact) mass is 339 g/mol. The molecule has 2 aromatic carbocycles. The van der Waals surface area contributed by atoms with Crippen molar-refractivity contribution in [3.05, 3.63) is 52.8 Å². The van der Waals surface area contributed by atoms with Crippen LogP contribution in [0.15, 0.2) is 36.4 Å². The number of fused-ring (bicyclic) bond motifs is 1. The van der Waals surface area contributed by atoms with Crippen LogP contribution in [0.3, 0.4) is 0 Å². The maximum absolute atomic E-state index is 9.52. The Morgan fingerprint density at radius 3 is 2.75 bits per heavy atom. The van der Waals surface area contributed by atoms with Crippen LogP contribution in [0.5, 0.6) is 11.5 Å². The van der Waals surface area contributed by atoms with Gasteiger partial charge in [0.15, 0.2) is 0 Å². The van der Waals surface area contributed by atoms with E-state index < -0.39 is 0 Å². The number of benzene rings is 2. The zero-order valence-electron chi connectivity index (χ0n) is 13.1. The SMILES string of the molecule is COc1ccc2nc(/C(C#N)=C\c3cc(Cl)ccc3OC)[nH]c2c1. The van der Waals surface area contributed by atoms with E-state index in [4.69, 9.17) is 21.1 Å². The molecule has 6 heteroatoms. The number of hydrogen-bond acceptors (Lipinski definition) is 4. The summed E-state index contributed by atoms with van der Waals surface area (Å²) in [6.07, 6.45) is 1.69. The number of hydrogen-bond donors (Lipinski definition) is 1. The van der Waals surface area contributed by atoms with Gasteiger partial charge in [0, 0.05) is 16.7 Å². The standard InChI is InChI=1S/C18H14ClN3O2/c1-23-14-4-5-15-16(9-14)22-18(21-15)12(10-20)7-11-8-13(19)3-6-17(11)24-2/h3-9H,1-2H3,(H,21,22)/b12-7-. The number of aromatic amines is 1. The van der Waals surface area contributed by atoms with Gasteiger partial charge in [0.1, 0.15) is 23.4 Å². The Kier molecular flexibility index (Phi) is 4.41. The number of methoxy groups -OCH3 is 2. The smallest absolute Gasteiger partial charge is 0.149 e. The molecular formula is C18H14ClN3O2. The molecule has 5 nitrogen and oxygen atoms in total. The number of nitrogens with zero attached hydrogens (tertiary/aromatic N) is 2. The molecule has 0 unspecified atom stereocenters. The number of ether oxygens (including phenoxy) is 2. The third-order valence-corrected chi connectivity index (χ3v) is 3.79. The molecule has 0 fully saturated rings. The third-order valence-electron chi connectivity index (χ3n) is 3.56. The van der Waals surface area contributed by atoms with E-state index in [1.54, 1.807) is 38.5 Å². The quantitative estimate of drug-likeness (QED) is 0.719. The zero-order chi connectivity index (χ0) is 17.1. The highest BCUT2D eigenvalue weighted by Gasteiger charge is 2.10. The Labute approximate surface area is 144 Å². The van der Waals surface area contributed by atoms with Crippen LogP contribution in [0.25, 0.3) is 22.7 Å². The van der Waals surface area contributed by atoms with E-state index in [0.717, 1.165) is 16.8 Å². The fraction of sp³-hybridized carbons (Fsp3) is 0.111. The van der Waals surface area contributed by atoms with Gasteiger partial charge in [-0.25, -0.2) is 4.98 Å². The summed E-state index contributed by atoms with van der Waals surface area (Å²) in [7, 11) is 3.17. The Morgan fingerprint density at radius 1 is 1.21 bits per heavy atom. The van der Waals surface area contributed by atoms with Gasteiger partial charge in [-0.3, -0.25) is 0 Å². The van der Waals surface area contributed by atoms with Crippen molar-refractivity contribution >= 4 is 34.3 Å². The molecule has 1 heterocycles. The van der Waals surface area contributed by atoms with Crippen molar-refractivity contribution in [2.45, 2.75) is 0 Å². The molecule has 0 saturated heterocycles. The summed E-state index contributed by atoms with van der Waals surface area (Å²) in [5, 5.41) is 10.1. The van der Waals surface area contributed by atoms with Crippen LogP contribution in [0.2, 0.25) is 5.02 Å². The molecule has 0 radical (unpaired) electrons. The van der Waals surface area contributed by atoms with Gasteiger partial charge in [-0.2, -0.15) is 5.26 Å². The Balaban J connectivity index is 2.09. The van der Waals surface area contributed by atoms with Gasteiger partial charge in [0.25, 0.3) is 0 Å². The van der Waals surface area contributed by atoms with Crippen molar-refractivity contribution in [1.82, 2.24) is 9.97 Å². The van der Waals surface area contributed by atoms with Crippen LogP contribution in [-0.4, -0.2) is 24.2 Å². The first-order valence-electron chi connectivity index (χ1n) is 7.14. The summed E-state index contributed by atoms with van der Waals surface area (Å²) >= 11 is 6.04. The number of H-pyrrole nitrogens is 1. The largest absolute Gasteiger partial charge is 0.497 e. The summed E-state index contributed by atoms with van der Waals surface area (Å²) in [5.41, 5.74) is 2.64. The lowest BCUT2D eigenvalue weighted by atomic mass is 10.1. The molecule has 0 amide bonds. The lowest BCUT2D eigenvalue weighted by Crippen LogP contribution is -1.89. The van der Waals surface area contributed by atoms with Gasteiger partial charge in [0.2, 0.25) is 0 Å². The molecule has 0 aliphatic heterocycles. The number of nitrogens with one attached hydrogen (secondary N) is 1. The fourth-order valence-corrected chi connectivity index (χ4v) is 2.55. The van der Waals surface area contributed by atoms with Crippen LogP contribution in [0.1, 0.15) is 11.4 Å². The predicted molar refractivity (Wildman–Crippen MR) is 94.1 cm³/mol. The van der Waals surface area contributed by atoms with Crippen LogP contribution in [-0.2, 0) is 0 Å². The molecule has 0 bridgehead atoms.